The molecule has 0 spiro atoms. The van der Waals surface area contributed by atoms with Gasteiger partial charge in [-0.3, -0.25) is 9.52 Å². The highest BCUT2D eigenvalue weighted by molar-refractivity contribution is 7.92. The summed E-state index contributed by atoms with van der Waals surface area (Å²) < 4.78 is 80.0. The van der Waals surface area contributed by atoms with Gasteiger partial charge < -0.3 is 15.3 Å². The van der Waals surface area contributed by atoms with E-state index in [0.717, 1.165) is 18.4 Å². The minimum Gasteiger partial charge on any atom is -0.478 e. The van der Waals surface area contributed by atoms with Crippen molar-refractivity contribution in [2.75, 3.05) is 29.0 Å². The topological polar surface area (TPSA) is 129 Å². The van der Waals surface area contributed by atoms with Gasteiger partial charge in [-0.1, -0.05) is 13.0 Å². The van der Waals surface area contributed by atoms with Gasteiger partial charge in [0.05, 0.1) is 23.4 Å². The van der Waals surface area contributed by atoms with Crippen LogP contribution in [0.25, 0.3) is 0 Å². The van der Waals surface area contributed by atoms with Gasteiger partial charge in [-0.2, -0.15) is 13.2 Å². The molecule has 0 bridgehead atoms. The van der Waals surface area contributed by atoms with E-state index < -0.39 is 51.1 Å². The van der Waals surface area contributed by atoms with Gasteiger partial charge in [0.15, 0.2) is 5.69 Å². The second-order valence-corrected chi connectivity index (χ2v) is 11.1. The lowest BCUT2D eigenvalue weighted by atomic mass is 9.98. The summed E-state index contributed by atoms with van der Waals surface area (Å²) in [5.41, 5.74) is -2.51. The number of piperidine rings is 1. The Hall–Kier alpha value is -3.42. The van der Waals surface area contributed by atoms with Crippen molar-refractivity contribution in [3.8, 4) is 0 Å². The maximum absolute atomic E-state index is 14.4. The minimum absolute atomic E-state index is 0.0515. The van der Waals surface area contributed by atoms with Gasteiger partial charge in [0.1, 0.15) is 11.6 Å². The first-order valence-corrected chi connectivity index (χ1v) is 13.6. The van der Waals surface area contributed by atoms with E-state index >= 15 is 0 Å². The van der Waals surface area contributed by atoms with Crippen LogP contribution in [0.3, 0.4) is 0 Å². The number of aromatic carboxylic acids is 1. The normalized spacial score (nSPS) is 15.7. The number of benzene rings is 1. The van der Waals surface area contributed by atoms with Crippen LogP contribution in [-0.4, -0.2) is 49.7 Å². The Bertz CT molecular complexity index is 1330. The molecule has 0 saturated carbocycles. The zero-order chi connectivity index (χ0) is 28.4. The zero-order valence-corrected chi connectivity index (χ0v) is 21.7. The van der Waals surface area contributed by atoms with Crippen LogP contribution >= 0.6 is 0 Å². The predicted molar refractivity (Wildman–Crippen MR) is 132 cm³/mol. The van der Waals surface area contributed by atoms with Gasteiger partial charge in [-0.15, -0.1) is 0 Å². The first-order chi connectivity index (χ1) is 17.6. The zero-order valence-electron chi connectivity index (χ0n) is 20.9. The Morgan fingerprint density at radius 2 is 1.84 bits per heavy atom. The van der Waals surface area contributed by atoms with Crippen LogP contribution in [-0.2, 0) is 27.5 Å². The van der Waals surface area contributed by atoms with Crippen LogP contribution in [0.4, 0.5) is 29.1 Å². The Morgan fingerprint density at radius 1 is 1.21 bits per heavy atom. The molecule has 1 atom stereocenters. The standard InChI is InChI=1S/C24H28F4N4O5S/c1-13-6-8-32(9-7-13)21-16(10-17(23(34)35)20(30-21)24(26,27)28)12-29-22(33)14(2)15-4-5-19(18(25)11-15)31-38(3,36)37/h4-5,10-11,13-14,31H,6-9,12H2,1-3H3,(H,29,33)(H,34,35). The summed E-state index contributed by atoms with van der Waals surface area (Å²) in [6.45, 7) is 4.01. The Morgan fingerprint density at radius 3 is 2.37 bits per heavy atom. The molecule has 1 saturated heterocycles. The van der Waals surface area contributed by atoms with Crippen molar-refractivity contribution in [1.29, 1.82) is 0 Å². The third-order valence-corrected chi connectivity index (χ3v) is 6.89. The number of hydrogen-bond donors (Lipinski definition) is 3. The number of hydrogen-bond acceptors (Lipinski definition) is 6. The fourth-order valence-electron chi connectivity index (χ4n) is 4.12. The maximum atomic E-state index is 14.4. The molecule has 1 aromatic heterocycles. The molecule has 1 aliphatic heterocycles. The van der Waals surface area contributed by atoms with Crippen LogP contribution < -0.4 is 14.9 Å². The van der Waals surface area contributed by atoms with Crippen molar-refractivity contribution in [2.24, 2.45) is 5.92 Å². The number of pyridine rings is 1. The molecule has 1 amide bonds. The molecule has 9 nitrogen and oxygen atoms in total. The number of carbonyl (C=O) groups excluding carboxylic acids is 1. The van der Waals surface area contributed by atoms with E-state index in [-0.39, 0.29) is 29.2 Å². The van der Waals surface area contributed by atoms with Crippen molar-refractivity contribution in [3.63, 3.8) is 0 Å². The van der Waals surface area contributed by atoms with E-state index in [9.17, 15) is 40.7 Å². The molecule has 14 heteroatoms. The van der Waals surface area contributed by atoms with Gasteiger partial charge in [-0.05, 0) is 49.4 Å². The number of halogens is 4. The number of carboxylic acids is 1. The number of rotatable bonds is 8. The van der Waals surface area contributed by atoms with E-state index in [1.807, 2.05) is 11.6 Å². The molecule has 0 aliphatic carbocycles. The number of nitrogens with zero attached hydrogens (tertiary/aromatic N) is 2. The average Bonchev–Trinajstić information content (AvgIpc) is 2.82. The summed E-state index contributed by atoms with van der Waals surface area (Å²) in [6, 6.07) is 4.41. The van der Waals surface area contributed by atoms with Crippen molar-refractivity contribution in [2.45, 2.75) is 45.3 Å². The molecule has 2 heterocycles. The summed E-state index contributed by atoms with van der Waals surface area (Å²) in [6.07, 6.45) is -2.71. The van der Waals surface area contributed by atoms with Crippen LogP contribution in [0.15, 0.2) is 24.3 Å². The van der Waals surface area contributed by atoms with Crippen LogP contribution in [0.2, 0.25) is 0 Å². The number of amides is 1. The van der Waals surface area contributed by atoms with E-state index in [2.05, 4.69) is 10.3 Å². The number of carboxylic acid groups (broad SMARTS) is 1. The molecule has 1 aliphatic rings. The fraction of sp³-hybridized carbons (Fsp3) is 0.458. The van der Waals surface area contributed by atoms with Crippen LogP contribution in [0, 0.1) is 11.7 Å². The van der Waals surface area contributed by atoms with Gasteiger partial charge >= 0.3 is 12.1 Å². The maximum Gasteiger partial charge on any atom is 0.434 e. The molecule has 3 rings (SSSR count). The Balaban J connectivity index is 1.87. The summed E-state index contributed by atoms with van der Waals surface area (Å²) in [5, 5.41) is 12.0. The van der Waals surface area contributed by atoms with Crippen LogP contribution in [0.5, 0.6) is 0 Å². The largest absolute Gasteiger partial charge is 0.478 e. The van der Waals surface area contributed by atoms with Gasteiger partial charge in [-0.25, -0.2) is 22.6 Å². The second-order valence-electron chi connectivity index (χ2n) is 9.39. The summed E-state index contributed by atoms with van der Waals surface area (Å²) >= 11 is 0. The first-order valence-electron chi connectivity index (χ1n) is 11.7. The summed E-state index contributed by atoms with van der Waals surface area (Å²) in [7, 11) is -3.72. The lowest BCUT2D eigenvalue weighted by Gasteiger charge is -2.33. The third kappa shape index (κ3) is 7.11. The van der Waals surface area contributed by atoms with Crippen molar-refractivity contribution in [3.05, 3.63) is 52.5 Å². The van der Waals surface area contributed by atoms with Gasteiger partial charge in [0, 0.05) is 25.2 Å². The lowest BCUT2D eigenvalue weighted by Crippen LogP contribution is -2.36. The molecule has 3 N–H and O–H groups in total. The molecular formula is C24H28F4N4O5S. The molecule has 0 radical (unpaired) electrons. The Labute approximate surface area is 217 Å². The van der Waals surface area contributed by atoms with E-state index in [1.54, 1.807) is 4.90 Å². The molecule has 1 aromatic carbocycles. The summed E-state index contributed by atoms with van der Waals surface area (Å²) in [4.78, 5) is 29.8. The molecule has 38 heavy (non-hydrogen) atoms. The van der Waals surface area contributed by atoms with Crippen molar-refractivity contribution in [1.82, 2.24) is 10.3 Å². The SMILES string of the molecule is CC1CCN(c2nc(C(F)(F)F)c(C(=O)O)cc2CNC(=O)C(C)c2ccc(NS(C)(=O)=O)c(F)c2)CC1. The number of nitrogens with one attached hydrogen (secondary N) is 2. The number of sulfonamides is 1. The number of carbonyl (C=O) groups is 2. The highest BCUT2D eigenvalue weighted by Crippen LogP contribution is 2.35. The van der Waals surface area contributed by atoms with Crippen molar-refractivity contribution >= 4 is 33.4 Å². The lowest BCUT2D eigenvalue weighted by molar-refractivity contribution is -0.141. The molecular weight excluding hydrogens is 532 g/mol. The Kier molecular flexibility index (Phi) is 8.54. The van der Waals surface area contributed by atoms with Gasteiger partial charge in [0.25, 0.3) is 0 Å². The number of alkyl halides is 3. The predicted octanol–water partition coefficient (Wildman–Crippen LogP) is 3.97. The third-order valence-electron chi connectivity index (χ3n) is 6.30. The highest BCUT2D eigenvalue weighted by Gasteiger charge is 2.39. The second kappa shape index (κ2) is 11.1. The number of aromatic nitrogens is 1. The monoisotopic (exact) mass is 560 g/mol. The smallest absolute Gasteiger partial charge is 0.434 e. The van der Waals surface area contributed by atoms with Gasteiger partial charge in [0.2, 0.25) is 15.9 Å². The van der Waals surface area contributed by atoms with E-state index in [1.165, 1.54) is 19.1 Å². The quantitative estimate of drug-likeness (QED) is 0.417. The average molecular weight is 561 g/mol. The van der Waals surface area contributed by atoms with E-state index in [0.29, 0.717) is 31.8 Å². The van der Waals surface area contributed by atoms with Crippen molar-refractivity contribution < 1.29 is 40.7 Å². The van der Waals surface area contributed by atoms with E-state index in [4.69, 9.17) is 0 Å². The van der Waals surface area contributed by atoms with Crippen LogP contribution in [0.1, 0.15) is 59.8 Å². The molecule has 2 aromatic rings. The molecule has 1 unspecified atom stereocenters. The fourth-order valence-corrected chi connectivity index (χ4v) is 4.68. The first kappa shape index (κ1) is 29.1. The molecule has 208 valence electrons. The highest BCUT2D eigenvalue weighted by atomic mass is 32.2. The number of anilines is 2. The minimum atomic E-state index is -5.00. The summed E-state index contributed by atoms with van der Waals surface area (Å²) in [5.74, 6) is -3.91. The molecule has 1 fully saturated rings.